The second kappa shape index (κ2) is 5.87. The molecule has 0 aliphatic heterocycles. The van der Waals surface area contributed by atoms with Crippen LogP contribution in [0.5, 0.6) is 0 Å². The minimum Gasteiger partial charge on any atom is -0.501 e. The Morgan fingerprint density at radius 1 is 1.47 bits per heavy atom. The quantitative estimate of drug-likeness (QED) is 0.839. The number of aromatic nitrogens is 2. The lowest BCUT2D eigenvalue weighted by atomic mass is 10.1. The number of halogens is 1. The standard InChI is InChI=1S/C12H18ClN3O/c1-5-17-7-6-10-9(13)8-14-11(15-10)16-12(2,3)4/h6-8H,5H2,1-4H3,(H,14,15,16)/b7-6+. The molecule has 0 saturated carbocycles. The van der Waals surface area contributed by atoms with Gasteiger partial charge in [0.05, 0.1) is 29.8 Å². The van der Waals surface area contributed by atoms with Crippen molar-refractivity contribution in [2.75, 3.05) is 11.9 Å². The number of anilines is 1. The molecule has 0 aliphatic rings. The van der Waals surface area contributed by atoms with Gasteiger partial charge in [0, 0.05) is 5.54 Å². The molecule has 1 N–H and O–H groups in total. The van der Waals surface area contributed by atoms with Crippen LogP contribution in [0.3, 0.4) is 0 Å². The van der Waals surface area contributed by atoms with E-state index in [1.807, 2.05) is 27.7 Å². The van der Waals surface area contributed by atoms with Crippen LogP contribution in [0.4, 0.5) is 5.95 Å². The van der Waals surface area contributed by atoms with Crippen LogP contribution in [0.1, 0.15) is 33.4 Å². The zero-order chi connectivity index (χ0) is 12.9. The van der Waals surface area contributed by atoms with E-state index in [9.17, 15) is 0 Å². The molecule has 0 bridgehead atoms. The van der Waals surface area contributed by atoms with Crippen LogP contribution >= 0.6 is 11.6 Å². The predicted octanol–water partition coefficient (Wildman–Crippen LogP) is 3.35. The Bertz CT molecular complexity index is 399. The fourth-order valence-electron chi connectivity index (χ4n) is 1.10. The Labute approximate surface area is 107 Å². The summed E-state index contributed by atoms with van der Waals surface area (Å²) in [4.78, 5) is 8.43. The molecule has 0 aromatic carbocycles. The maximum absolute atomic E-state index is 5.99. The molecule has 0 unspecified atom stereocenters. The normalized spacial score (nSPS) is 11.8. The Hall–Kier alpha value is -1.29. The van der Waals surface area contributed by atoms with Crippen molar-refractivity contribution >= 4 is 23.6 Å². The Kier molecular flexibility index (Phi) is 4.75. The molecule has 0 saturated heterocycles. The van der Waals surface area contributed by atoms with Gasteiger partial charge in [-0.15, -0.1) is 0 Å². The minimum atomic E-state index is -0.0886. The first-order valence-corrected chi connectivity index (χ1v) is 5.89. The molecule has 0 fully saturated rings. The highest BCUT2D eigenvalue weighted by molar-refractivity contribution is 6.31. The van der Waals surface area contributed by atoms with Crippen LogP contribution in [0.25, 0.3) is 6.08 Å². The summed E-state index contributed by atoms with van der Waals surface area (Å²) in [6, 6.07) is 0. The second-order valence-electron chi connectivity index (χ2n) is 4.56. The third-order valence-electron chi connectivity index (χ3n) is 1.75. The van der Waals surface area contributed by atoms with Crippen LogP contribution in [-0.2, 0) is 4.74 Å². The molecular weight excluding hydrogens is 238 g/mol. The average molecular weight is 256 g/mol. The van der Waals surface area contributed by atoms with E-state index in [0.717, 1.165) is 0 Å². The molecule has 0 spiro atoms. The lowest BCUT2D eigenvalue weighted by molar-refractivity contribution is 0.272. The number of rotatable bonds is 4. The van der Waals surface area contributed by atoms with E-state index in [2.05, 4.69) is 15.3 Å². The highest BCUT2D eigenvalue weighted by Gasteiger charge is 2.12. The third-order valence-corrected chi connectivity index (χ3v) is 2.04. The van der Waals surface area contributed by atoms with Gasteiger partial charge in [0.25, 0.3) is 0 Å². The van der Waals surface area contributed by atoms with Crippen molar-refractivity contribution in [3.05, 3.63) is 23.2 Å². The van der Waals surface area contributed by atoms with Gasteiger partial charge in [-0.05, 0) is 33.8 Å². The summed E-state index contributed by atoms with van der Waals surface area (Å²) in [5, 5.41) is 3.68. The Morgan fingerprint density at radius 2 is 2.18 bits per heavy atom. The van der Waals surface area contributed by atoms with Gasteiger partial charge in [0.2, 0.25) is 5.95 Å². The minimum absolute atomic E-state index is 0.0886. The molecule has 0 aliphatic carbocycles. The van der Waals surface area contributed by atoms with Gasteiger partial charge in [-0.1, -0.05) is 11.6 Å². The van der Waals surface area contributed by atoms with Gasteiger partial charge in [-0.2, -0.15) is 0 Å². The van der Waals surface area contributed by atoms with Crippen molar-refractivity contribution in [1.29, 1.82) is 0 Å². The van der Waals surface area contributed by atoms with E-state index in [4.69, 9.17) is 16.3 Å². The third kappa shape index (κ3) is 5.04. The van der Waals surface area contributed by atoms with Crippen molar-refractivity contribution in [3.63, 3.8) is 0 Å². The molecule has 5 heteroatoms. The number of hydrogen-bond donors (Lipinski definition) is 1. The molecular formula is C12H18ClN3O. The van der Waals surface area contributed by atoms with Crippen LogP contribution < -0.4 is 5.32 Å². The summed E-state index contributed by atoms with van der Waals surface area (Å²) in [6.07, 6.45) is 4.88. The van der Waals surface area contributed by atoms with Crippen LogP contribution in [-0.4, -0.2) is 22.1 Å². The summed E-state index contributed by atoms with van der Waals surface area (Å²) in [7, 11) is 0. The zero-order valence-corrected chi connectivity index (χ0v) is 11.4. The van der Waals surface area contributed by atoms with Crippen molar-refractivity contribution in [2.24, 2.45) is 0 Å². The molecule has 1 rings (SSSR count). The smallest absolute Gasteiger partial charge is 0.223 e. The molecule has 0 amide bonds. The van der Waals surface area contributed by atoms with Gasteiger partial charge in [0.15, 0.2) is 0 Å². The predicted molar refractivity (Wildman–Crippen MR) is 71.1 cm³/mol. The maximum Gasteiger partial charge on any atom is 0.223 e. The first kappa shape index (κ1) is 13.8. The van der Waals surface area contributed by atoms with E-state index in [-0.39, 0.29) is 5.54 Å². The monoisotopic (exact) mass is 255 g/mol. The van der Waals surface area contributed by atoms with Crippen molar-refractivity contribution in [2.45, 2.75) is 33.2 Å². The van der Waals surface area contributed by atoms with Gasteiger partial charge < -0.3 is 10.1 Å². The number of hydrogen-bond acceptors (Lipinski definition) is 4. The lowest BCUT2D eigenvalue weighted by Gasteiger charge is -2.20. The molecule has 4 nitrogen and oxygen atoms in total. The Morgan fingerprint density at radius 3 is 2.76 bits per heavy atom. The van der Waals surface area contributed by atoms with Crippen molar-refractivity contribution < 1.29 is 4.74 Å². The van der Waals surface area contributed by atoms with E-state index < -0.39 is 0 Å². The highest BCUT2D eigenvalue weighted by Crippen LogP contribution is 2.17. The zero-order valence-electron chi connectivity index (χ0n) is 10.6. The average Bonchev–Trinajstić information content (AvgIpc) is 2.21. The molecule has 17 heavy (non-hydrogen) atoms. The number of ether oxygens (including phenoxy) is 1. The van der Waals surface area contributed by atoms with Gasteiger partial charge in [-0.3, -0.25) is 0 Å². The highest BCUT2D eigenvalue weighted by atomic mass is 35.5. The topological polar surface area (TPSA) is 47.0 Å². The van der Waals surface area contributed by atoms with Crippen molar-refractivity contribution in [3.8, 4) is 0 Å². The first-order chi connectivity index (χ1) is 7.92. The number of nitrogens with zero attached hydrogens (tertiary/aromatic N) is 2. The van der Waals surface area contributed by atoms with E-state index in [1.54, 1.807) is 18.5 Å². The maximum atomic E-state index is 5.99. The van der Waals surface area contributed by atoms with Crippen molar-refractivity contribution in [1.82, 2.24) is 9.97 Å². The van der Waals surface area contributed by atoms with Gasteiger partial charge >= 0.3 is 0 Å². The number of nitrogens with one attached hydrogen (secondary N) is 1. The fourth-order valence-corrected chi connectivity index (χ4v) is 1.26. The largest absolute Gasteiger partial charge is 0.501 e. The molecule has 1 heterocycles. The van der Waals surface area contributed by atoms with Gasteiger partial charge in [0.1, 0.15) is 0 Å². The molecule has 0 atom stereocenters. The van der Waals surface area contributed by atoms with Crippen LogP contribution in [0.2, 0.25) is 5.02 Å². The van der Waals surface area contributed by atoms with Crippen LogP contribution in [0, 0.1) is 0 Å². The first-order valence-electron chi connectivity index (χ1n) is 5.51. The fraction of sp³-hybridized carbons (Fsp3) is 0.500. The Balaban J connectivity index is 2.86. The van der Waals surface area contributed by atoms with Gasteiger partial charge in [-0.25, -0.2) is 9.97 Å². The van der Waals surface area contributed by atoms with Crippen LogP contribution in [0.15, 0.2) is 12.5 Å². The summed E-state index contributed by atoms with van der Waals surface area (Å²) in [5.74, 6) is 0.554. The SMILES string of the molecule is CCO/C=C/c1nc(NC(C)(C)C)ncc1Cl. The summed E-state index contributed by atoms with van der Waals surface area (Å²) >= 11 is 5.99. The molecule has 1 aromatic heterocycles. The molecule has 1 aromatic rings. The molecule has 0 radical (unpaired) electrons. The van der Waals surface area contributed by atoms with E-state index in [1.165, 1.54) is 0 Å². The summed E-state index contributed by atoms with van der Waals surface area (Å²) in [6.45, 7) is 8.66. The lowest BCUT2D eigenvalue weighted by Crippen LogP contribution is -2.27. The summed E-state index contributed by atoms with van der Waals surface area (Å²) < 4.78 is 5.11. The van der Waals surface area contributed by atoms with E-state index >= 15 is 0 Å². The second-order valence-corrected chi connectivity index (χ2v) is 4.97. The molecule has 94 valence electrons. The van der Waals surface area contributed by atoms with E-state index in [0.29, 0.717) is 23.3 Å². The summed E-state index contributed by atoms with van der Waals surface area (Å²) in [5.41, 5.74) is 0.552.